The quantitative estimate of drug-likeness (QED) is 0.782. The third kappa shape index (κ3) is 4.81. The van der Waals surface area contributed by atoms with E-state index in [9.17, 15) is 9.59 Å². The molecule has 2 aromatic rings. The number of amides is 1. The predicted molar refractivity (Wildman–Crippen MR) is 90.7 cm³/mol. The van der Waals surface area contributed by atoms with Crippen LogP contribution in [0.3, 0.4) is 0 Å². The van der Waals surface area contributed by atoms with Crippen molar-refractivity contribution in [2.75, 3.05) is 0 Å². The summed E-state index contributed by atoms with van der Waals surface area (Å²) in [6, 6.07) is 16.9. The van der Waals surface area contributed by atoms with Crippen LogP contribution in [0.5, 0.6) is 0 Å². The molecule has 3 nitrogen and oxygen atoms in total. The number of rotatable bonds is 6. The number of halogens is 1. The van der Waals surface area contributed by atoms with Crippen LogP contribution in [0.25, 0.3) is 0 Å². The molecule has 2 aromatic carbocycles. The number of carbonyl (C=O) groups is 2. The lowest BCUT2D eigenvalue weighted by atomic mass is 10.1. The Morgan fingerprint density at radius 3 is 2.27 bits per heavy atom. The molecule has 0 aliphatic rings. The highest BCUT2D eigenvalue weighted by Crippen LogP contribution is 2.14. The minimum atomic E-state index is -0.109. The van der Waals surface area contributed by atoms with Crippen LogP contribution in [0.2, 0.25) is 0 Å². The Kier molecular flexibility index (Phi) is 5.90. The first-order valence-electron chi connectivity index (χ1n) is 7.19. The monoisotopic (exact) mass is 359 g/mol. The lowest BCUT2D eigenvalue weighted by Crippen LogP contribution is -2.26. The second-order valence-electron chi connectivity index (χ2n) is 5.13. The van der Waals surface area contributed by atoms with Crippen molar-refractivity contribution in [1.29, 1.82) is 0 Å². The molecule has 2 rings (SSSR count). The highest BCUT2D eigenvalue weighted by atomic mass is 79.9. The Labute approximate surface area is 138 Å². The number of ketones is 1. The predicted octanol–water partition coefficient (Wildman–Crippen LogP) is 4.29. The summed E-state index contributed by atoms with van der Waals surface area (Å²) in [4.78, 5) is 24.0. The highest BCUT2D eigenvalue weighted by molar-refractivity contribution is 9.10. The second kappa shape index (κ2) is 7.90. The molecule has 0 aromatic heterocycles. The lowest BCUT2D eigenvalue weighted by molar-refractivity contribution is -0.121. The smallest absolute Gasteiger partial charge is 0.220 e. The number of Topliss-reactive ketones (excluding diaryl/α,β-unsaturated/α-hetero) is 1. The molecule has 114 valence electrons. The molecule has 0 radical (unpaired) electrons. The van der Waals surface area contributed by atoms with E-state index in [2.05, 4.69) is 21.2 Å². The van der Waals surface area contributed by atoms with Crippen LogP contribution >= 0.6 is 15.9 Å². The summed E-state index contributed by atoms with van der Waals surface area (Å²) in [6.45, 7) is 1.93. The molecule has 0 saturated carbocycles. The number of nitrogens with one attached hydrogen (secondary N) is 1. The molecule has 0 fully saturated rings. The topological polar surface area (TPSA) is 46.2 Å². The summed E-state index contributed by atoms with van der Waals surface area (Å²) >= 11 is 3.33. The Morgan fingerprint density at radius 1 is 1.00 bits per heavy atom. The van der Waals surface area contributed by atoms with Crippen molar-refractivity contribution in [2.24, 2.45) is 0 Å². The third-order valence-electron chi connectivity index (χ3n) is 3.42. The van der Waals surface area contributed by atoms with Crippen LogP contribution in [0, 0.1) is 0 Å². The van der Waals surface area contributed by atoms with Crippen molar-refractivity contribution < 1.29 is 9.59 Å². The van der Waals surface area contributed by atoms with E-state index in [4.69, 9.17) is 0 Å². The maximum Gasteiger partial charge on any atom is 0.220 e. The van der Waals surface area contributed by atoms with E-state index in [1.807, 2.05) is 49.4 Å². The van der Waals surface area contributed by atoms with Gasteiger partial charge < -0.3 is 5.32 Å². The average molecular weight is 360 g/mol. The molecule has 1 N–H and O–H groups in total. The van der Waals surface area contributed by atoms with Gasteiger partial charge in [0.25, 0.3) is 0 Å². The van der Waals surface area contributed by atoms with Crippen molar-refractivity contribution >= 4 is 27.6 Å². The van der Waals surface area contributed by atoms with Gasteiger partial charge in [-0.2, -0.15) is 0 Å². The van der Waals surface area contributed by atoms with Crippen LogP contribution in [0.4, 0.5) is 0 Å². The summed E-state index contributed by atoms with van der Waals surface area (Å²) in [6.07, 6.45) is 0.418. The third-order valence-corrected chi connectivity index (χ3v) is 3.95. The summed E-state index contributed by atoms with van der Waals surface area (Å²) in [7, 11) is 0. The lowest BCUT2D eigenvalue weighted by Gasteiger charge is -2.14. The normalized spacial score (nSPS) is 11.7. The first kappa shape index (κ1) is 16.4. The van der Waals surface area contributed by atoms with E-state index in [1.54, 1.807) is 12.1 Å². The standard InChI is InChI=1S/C18H18BrNO2/c1-13(14-5-3-2-4-6-14)20-18(22)12-11-17(21)15-7-9-16(19)10-8-15/h2-10,13H,11-12H2,1H3,(H,20,22). The summed E-state index contributed by atoms with van der Waals surface area (Å²) in [5, 5.41) is 2.91. The van der Waals surface area contributed by atoms with Crippen molar-refractivity contribution in [3.05, 3.63) is 70.2 Å². The van der Waals surface area contributed by atoms with Crippen LogP contribution in [0.1, 0.15) is 41.7 Å². The minimum absolute atomic E-state index is 0.0185. The first-order valence-corrected chi connectivity index (χ1v) is 7.98. The molecule has 0 aliphatic heterocycles. The molecule has 4 heteroatoms. The van der Waals surface area contributed by atoms with Gasteiger partial charge in [0.15, 0.2) is 5.78 Å². The zero-order chi connectivity index (χ0) is 15.9. The summed E-state index contributed by atoms with van der Waals surface area (Å²) < 4.78 is 0.929. The maximum atomic E-state index is 12.0. The number of hydrogen-bond donors (Lipinski definition) is 1. The van der Waals surface area contributed by atoms with Crippen molar-refractivity contribution in [3.63, 3.8) is 0 Å². The van der Waals surface area contributed by atoms with Crippen molar-refractivity contribution in [2.45, 2.75) is 25.8 Å². The molecule has 0 saturated heterocycles. The van der Waals surface area contributed by atoms with Crippen LogP contribution in [-0.2, 0) is 4.79 Å². The molecule has 0 aliphatic carbocycles. The fraction of sp³-hybridized carbons (Fsp3) is 0.222. The highest BCUT2D eigenvalue weighted by Gasteiger charge is 2.12. The first-order chi connectivity index (χ1) is 10.6. The average Bonchev–Trinajstić information content (AvgIpc) is 2.54. The fourth-order valence-electron chi connectivity index (χ4n) is 2.15. The maximum absolute atomic E-state index is 12.0. The zero-order valence-electron chi connectivity index (χ0n) is 12.4. The van der Waals surface area contributed by atoms with Gasteiger partial charge >= 0.3 is 0 Å². The van der Waals surface area contributed by atoms with Crippen LogP contribution in [0.15, 0.2) is 59.1 Å². The van der Waals surface area contributed by atoms with Crippen LogP contribution in [-0.4, -0.2) is 11.7 Å². The Balaban J connectivity index is 1.82. The van der Waals surface area contributed by atoms with Gasteiger partial charge in [-0.3, -0.25) is 9.59 Å². The van der Waals surface area contributed by atoms with E-state index < -0.39 is 0 Å². The van der Waals surface area contributed by atoms with Gasteiger partial charge in [0.1, 0.15) is 0 Å². The Morgan fingerprint density at radius 2 is 1.64 bits per heavy atom. The molecular formula is C18H18BrNO2. The molecule has 22 heavy (non-hydrogen) atoms. The van der Waals surface area contributed by atoms with E-state index in [0.29, 0.717) is 5.56 Å². The van der Waals surface area contributed by atoms with Gasteiger partial charge in [-0.15, -0.1) is 0 Å². The zero-order valence-corrected chi connectivity index (χ0v) is 14.0. The molecule has 1 unspecified atom stereocenters. The Bertz CT molecular complexity index is 638. The summed E-state index contributed by atoms with van der Waals surface area (Å²) in [5.74, 6) is -0.128. The van der Waals surface area contributed by atoms with Crippen molar-refractivity contribution in [3.8, 4) is 0 Å². The van der Waals surface area contributed by atoms with Gasteiger partial charge in [-0.05, 0) is 24.6 Å². The number of carbonyl (C=O) groups excluding carboxylic acids is 2. The SMILES string of the molecule is CC(NC(=O)CCC(=O)c1ccc(Br)cc1)c1ccccc1. The van der Waals surface area contributed by atoms with Gasteiger partial charge in [0, 0.05) is 22.9 Å². The van der Waals surface area contributed by atoms with E-state index in [0.717, 1.165) is 10.0 Å². The van der Waals surface area contributed by atoms with Gasteiger partial charge in [-0.25, -0.2) is 0 Å². The second-order valence-corrected chi connectivity index (χ2v) is 6.05. The molecule has 1 amide bonds. The van der Waals surface area contributed by atoms with Gasteiger partial charge in [-0.1, -0.05) is 58.4 Å². The van der Waals surface area contributed by atoms with Gasteiger partial charge in [0.05, 0.1) is 6.04 Å². The van der Waals surface area contributed by atoms with E-state index in [-0.39, 0.29) is 30.6 Å². The van der Waals surface area contributed by atoms with Gasteiger partial charge in [0.2, 0.25) is 5.91 Å². The molecule has 0 bridgehead atoms. The van der Waals surface area contributed by atoms with Crippen LogP contribution < -0.4 is 5.32 Å². The molecule has 1 atom stereocenters. The van der Waals surface area contributed by atoms with E-state index >= 15 is 0 Å². The number of benzene rings is 2. The molecule has 0 heterocycles. The van der Waals surface area contributed by atoms with E-state index in [1.165, 1.54) is 0 Å². The Hall–Kier alpha value is -1.94. The number of hydrogen-bond acceptors (Lipinski definition) is 2. The largest absolute Gasteiger partial charge is 0.350 e. The summed E-state index contributed by atoms with van der Waals surface area (Å²) in [5.41, 5.74) is 1.68. The minimum Gasteiger partial charge on any atom is -0.350 e. The fourth-order valence-corrected chi connectivity index (χ4v) is 2.41. The molecule has 0 spiro atoms. The van der Waals surface area contributed by atoms with Crippen molar-refractivity contribution in [1.82, 2.24) is 5.32 Å². The molecular weight excluding hydrogens is 342 g/mol.